The van der Waals surface area contributed by atoms with E-state index in [1.165, 1.54) is 24.0 Å². The van der Waals surface area contributed by atoms with E-state index < -0.39 is 49.8 Å². The third kappa shape index (κ3) is 3.36. The average molecular weight is 430 g/mol. The zero-order chi connectivity index (χ0) is 21.1. The largest absolute Gasteiger partial charge is 0.469 e. The second-order valence-corrected chi connectivity index (χ2v) is 8.07. The van der Waals surface area contributed by atoms with Crippen molar-refractivity contribution in [1.82, 2.24) is 9.55 Å². The van der Waals surface area contributed by atoms with Crippen molar-refractivity contribution in [1.29, 1.82) is 0 Å². The van der Waals surface area contributed by atoms with Gasteiger partial charge in [-0.15, -0.1) is 0 Å². The zero-order valence-corrected chi connectivity index (χ0v) is 15.7. The van der Waals surface area contributed by atoms with Crippen molar-refractivity contribution >= 4 is 36.6 Å². The molecule has 0 amide bonds. The Morgan fingerprint density at radius 2 is 2.21 bits per heavy atom. The molecule has 0 aliphatic carbocycles. The molecule has 0 bridgehead atoms. The predicted molar refractivity (Wildman–Crippen MR) is 96.3 cm³/mol. The fourth-order valence-electron chi connectivity index (χ4n) is 3.43. The topological polar surface area (TPSA) is 176 Å². The number of aromatic nitrogens is 2. The number of phosphoric acid groups is 1. The van der Waals surface area contributed by atoms with Crippen molar-refractivity contribution < 1.29 is 38.2 Å². The first-order valence-corrected chi connectivity index (χ1v) is 9.82. The maximum atomic E-state index is 14.5. The van der Waals surface area contributed by atoms with E-state index in [9.17, 15) is 24.0 Å². The van der Waals surface area contributed by atoms with Crippen LogP contribution in [0.25, 0.3) is 10.8 Å². The fraction of sp³-hybridized carbons (Fsp3) is 0.400. The molecule has 2 aliphatic heterocycles. The Kier molecular flexibility index (Phi) is 4.59. The molecule has 2 aliphatic rings. The first kappa shape index (κ1) is 20.0. The van der Waals surface area contributed by atoms with Gasteiger partial charge < -0.3 is 34.6 Å². The first-order valence-electron chi connectivity index (χ1n) is 8.29. The van der Waals surface area contributed by atoms with Gasteiger partial charge in [0.2, 0.25) is 0 Å². The summed E-state index contributed by atoms with van der Waals surface area (Å²) in [6.07, 6.45) is -1.74. The van der Waals surface area contributed by atoms with Gasteiger partial charge in [0.15, 0.2) is 6.23 Å². The highest BCUT2D eigenvalue weighted by atomic mass is 31.2. The van der Waals surface area contributed by atoms with Crippen molar-refractivity contribution in [2.45, 2.75) is 31.0 Å². The summed E-state index contributed by atoms with van der Waals surface area (Å²) >= 11 is 0. The minimum atomic E-state index is -4.83. The van der Waals surface area contributed by atoms with Gasteiger partial charge in [0.1, 0.15) is 35.3 Å². The van der Waals surface area contributed by atoms with E-state index in [2.05, 4.69) is 19.8 Å². The lowest BCUT2D eigenvalue weighted by molar-refractivity contribution is -0.0954. The van der Waals surface area contributed by atoms with Crippen LogP contribution in [0, 0.1) is 5.82 Å². The minimum absolute atomic E-state index is 0.0299. The van der Waals surface area contributed by atoms with Crippen LogP contribution in [-0.4, -0.2) is 60.3 Å². The van der Waals surface area contributed by atoms with Gasteiger partial charge >= 0.3 is 7.82 Å². The molecule has 1 saturated heterocycles. The lowest BCUT2D eigenvalue weighted by atomic mass is 9.96. The van der Waals surface area contributed by atoms with Crippen LogP contribution in [0.2, 0.25) is 0 Å². The molecule has 2 aromatic heterocycles. The van der Waals surface area contributed by atoms with E-state index in [-0.39, 0.29) is 22.4 Å². The van der Waals surface area contributed by atoms with Gasteiger partial charge in [-0.3, -0.25) is 9.32 Å². The summed E-state index contributed by atoms with van der Waals surface area (Å²) in [7, 11) is -4.83. The summed E-state index contributed by atoms with van der Waals surface area (Å²) in [5.41, 5.74) is -2.76. The summed E-state index contributed by atoms with van der Waals surface area (Å²) < 4.78 is 36.7. The predicted octanol–water partition coefficient (Wildman–Crippen LogP) is -0.261. The van der Waals surface area contributed by atoms with Gasteiger partial charge in [0, 0.05) is 17.6 Å². The van der Waals surface area contributed by atoms with Gasteiger partial charge in [-0.05, 0) is 6.92 Å². The number of aliphatic hydroxyl groups is 2. The van der Waals surface area contributed by atoms with Gasteiger partial charge in [0.05, 0.1) is 18.3 Å². The van der Waals surface area contributed by atoms with Crippen LogP contribution in [0.4, 0.5) is 16.0 Å². The average Bonchev–Trinajstić information content (AvgIpc) is 3.05. The van der Waals surface area contributed by atoms with Gasteiger partial charge in [0.25, 0.3) is 5.56 Å². The lowest BCUT2D eigenvalue weighted by Gasteiger charge is -2.28. The summed E-state index contributed by atoms with van der Waals surface area (Å²) in [6.45, 7) is 0.544. The summed E-state index contributed by atoms with van der Waals surface area (Å²) in [4.78, 5) is 37.2. The standard InChI is InChI=1S/C15H16FN4O8P/c1-15(23)11(22)8(4-27-29(24,25)26)28-14(15)20-3-6-7(16)2-9(21)19-12-10(6)13(20)18-5-17-12/h2-3,5,8,11,14,22-23H,4H2,1H3,(H2,24,25,26)(H,17,18,19,21)/t8-,11-,14-,15-/m1/s1. The van der Waals surface area contributed by atoms with Crippen molar-refractivity contribution in [3.8, 4) is 0 Å². The van der Waals surface area contributed by atoms with Crippen LogP contribution in [-0.2, 0) is 13.8 Å². The smallest absolute Gasteiger partial charge is 0.387 e. The number of aliphatic hydroxyl groups excluding tert-OH is 1. The number of phosphoric ester groups is 1. The molecular weight excluding hydrogens is 414 g/mol. The molecule has 5 N–H and O–H groups in total. The van der Waals surface area contributed by atoms with E-state index in [0.717, 1.165) is 0 Å². The summed E-state index contributed by atoms with van der Waals surface area (Å²) in [5, 5.41) is 24.0. The fourth-order valence-corrected chi connectivity index (χ4v) is 3.77. The Labute approximate surface area is 161 Å². The van der Waals surface area contributed by atoms with Crippen LogP contribution in [0.5, 0.6) is 0 Å². The maximum absolute atomic E-state index is 14.5. The number of hydrogen-bond acceptors (Lipinski definition) is 9. The van der Waals surface area contributed by atoms with Gasteiger partial charge in [-0.1, -0.05) is 0 Å². The number of halogens is 1. The molecule has 1 fully saturated rings. The first-order chi connectivity index (χ1) is 13.5. The molecule has 0 unspecified atom stereocenters. The molecule has 0 aromatic carbocycles. The Hall–Kier alpha value is -2.25. The quantitative estimate of drug-likeness (QED) is 0.406. The van der Waals surface area contributed by atoms with E-state index in [0.29, 0.717) is 6.07 Å². The summed E-state index contributed by atoms with van der Waals surface area (Å²) in [6, 6.07) is 0.701. The molecule has 0 radical (unpaired) electrons. The molecule has 4 atom stereocenters. The number of hydrogen-bond donors (Lipinski definition) is 5. The highest BCUT2D eigenvalue weighted by molar-refractivity contribution is 7.46. The van der Waals surface area contributed by atoms with E-state index in [1.54, 1.807) is 0 Å². The van der Waals surface area contributed by atoms with E-state index >= 15 is 0 Å². The van der Waals surface area contributed by atoms with Crippen LogP contribution < -0.4 is 10.9 Å². The molecule has 0 spiro atoms. The third-order valence-electron chi connectivity index (χ3n) is 4.77. The van der Waals surface area contributed by atoms with Crippen molar-refractivity contribution in [2.24, 2.45) is 4.99 Å². The van der Waals surface area contributed by atoms with E-state index in [4.69, 9.17) is 14.5 Å². The lowest BCUT2D eigenvalue weighted by Crippen LogP contribution is -2.44. The Bertz CT molecular complexity index is 1130. The number of ether oxygens (including phenoxy) is 1. The van der Waals surface area contributed by atoms with Crippen LogP contribution in [0.15, 0.2) is 22.1 Å². The van der Waals surface area contributed by atoms with Crippen LogP contribution in [0.1, 0.15) is 13.2 Å². The molecule has 4 heterocycles. The van der Waals surface area contributed by atoms with Crippen molar-refractivity contribution in [3.05, 3.63) is 28.4 Å². The molecule has 12 nitrogen and oxygen atoms in total. The van der Waals surface area contributed by atoms with Crippen molar-refractivity contribution in [3.63, 3.8) is 0 Å². The number of nitrogens with one attached hydrogen (secondary N) is 1. The number of nitrogens with zero attached hydrogens (tertiary/aromatic N) is 3. The summed E-state index contributed by atoms with van der Waals surface area (Å²) in [5.74, 6) is -0.718. The number of aliphatic imine (C=N–C) groups is 1. The highest BCUT2D eigenvalue weighted by Gasteiger charge is 2.54. The van der Waals surface area contributed by atoms with Gasteiger partial charge in [-0.2, -0.15) is 4.98 Å². The molecule has 14 heteroatoms. The molecule has 4 rings (SSSR count). The number of rotatable bonds is 4. The normalized spacial score (nSPS) is 28.7. The van der Waals surface area contributed by atoms with Crippen LogP contribution >= 0.6 is 7.82 Å². The second-order valence-electron chi connectivity index (χ2n) is 6.83. The zero-order valence-electron chi connectivity index (χ0n) is 14.8. The molecule has 29 heavy (non-hydrogen) atoms. The molecular formula is C15H16FN4O8P. The Morgan fingerprint density at radius 1 is 1.48 bits per heavy atom. The Morgan fingerprint density at radius 3 is 2.90 bits per heavy atom. The maximum Gasteiger partial charge on any atom is 0.469 e. The van der Waals surface area contributed by atoms with Crippen molar-refractivity contribution in [2.75, 3.05) is 11.9 Å². The highest BCUT2D eigenvalue weighted by Crippen LogP contribution is 2.46. The van der Waals surface area contributed by atoms with Crippen LogP contribution in [0.3, 0.4) is 0 Å². The third-order valence-corrected chi connectivity index (χ3v) is 5.26. The van der Waals surface area contributed by atoms with Gasteiger partial charge in [-0.25, -0.2) is 13.9 Å². The molecule has 2 aromatic rings. The SMILES string of the molecule is C[C@@]1(O)[C@H](O)[C@@H](COP(=O)(O)O)O[C@H]1n1cc2c(F)cc(=O)nc3c2c1N=CN3. The minimum Gasteiger partial charge on any atom is -0.387 e. The molecule has 156 valence electrons. The second kappa shape index (κ2) is 6.64. The number of anilines is 1. The molecule has 0 saturated carbocycles. The van der Waals surface area contributed by atoms with E-state index in [1.807, 2.05) is 0 Å². The monoisotopic (exact) mass is 430 g/mol. The Balaban J connectivity index is 1.81.